The van der Waals surface area contributed by atoms with Crippen LogP contribution in [0.2, 0.25) is 0 Å². The molecule has 214 valence electrons. The number of esters is 3. The summed E-state index contributed by atoms with van der Waals surface area (Å²) in [6.45, 7) is 2.93. The molecule has 4 aromatic rings. The maximum absolute atomic E-state index is 12.8. The Hall–Kier alpha value is -5.13. The first-order valence-corrected chi connectivity index (χ1v) is 12.4. The summed E-state index contributed by atoms with van der Waals surface area (Å²) in [5, 5.41) is 0.301. The van der Waals surface area contributed by atoms with Crippen molar-refractivity contribution in [3.8, 4) is 11.5 Å². The van der Waals surface area contributed by atoms with Crippen molar-refractivity contribution in [2.45, 2.75) is 40.1 Å². The predicted octanol–water partition coefficient (Wildman–Crippen LogP) is 3.42. The van der Waals surface area contributed by atoms with Crippen LogP contribution in [0.1, 0.15) is 32.3 Å². The van der Waals surface area contributed by atoms with Gasteiger partial charge >= 0.3 is 17.9 Å². The van der Waals surface area contributed by atoms with E-state index in [4.69, 9.17) is 32.5 Å². The average Bonchev–Trinajstić information content (AvgIpc) is 2.91. The lowest BCUT2D eigenvalue weighted by atomic mass is 10.2. The molecule has 0 spiro atoms. The summed E-state index contributed by atoms with van der Waals surface area (Å²) in [5.41, 5.74) is -0.402. The van der Waals surface area contributed by atoms with Crippen LogP contribution < -0.4 is 20.3 Å². The van der Waals surface area contributed by atoms with E-state index in [1.807, 2.05) is 0 Å². The topological polar surface area (TPSA) is 158 Å². The Bertz CT molecular complexity index is 1600. The molecule has 0 radical (unpaired) electrons. The van der Waals surface area contributed by atoms with Gasteiger partial charge in [-0.15, -0.1) is 0 Å². The summed E-state index contributed by atoms with van der Waals surface area (Å²) >= 11 is 0. The van der Waals surface area contributed by atoms with Gasteiger partial charge in [0, 0.05) is 32.9 Å². The summed E-state index contributed by atoms with van der Waals surface area (Å²) in [4.78, 5) is 59.5. The molecule has 0 fully saturated rings. The zero-order chi connectivity index (χ0) is 29.5. The van der Waals surface area contributed by atoms with E-state index < -0.39 is 34.9 Å². The Morgan fingerprint density at radius 1 is 0.683 bits per heavy atom. The highest BCUT2D eigenvalue weighted by molar-refractivity contribution is 5.84. The number of hydrogen-bond donors (Lipinski definition) is 0. The minimum absolute atomic E-state index is 0.151. The van der Waals surface area contributed by atoms with Crippen LogP contribution in [0.5, 0.6) is 11.5 Å². The van der Waals surface area contributed by atoms with Gasteiger partial charge < -0.3 is 32.5 Å². The number of ether oxygens (including phenoxy) is 5. The number of carbonyl (C=O) groups excluding carboxylic acids is 3. The fourth-order valence-corrected chi connectivity index (χ4v) is 3.90. The first-order valence-electron chi connectivity index (χ1n) is 12.4. The molecule has 0 aliphatic carbocycles. The van der Waals surface area contributed by atoms with Crippen LogP contribution in [0, 0.1) is 0 Å². The number of rotatable bonds is 11. The van der Waals surface area contributed by atoms with E-state index in [2.05, 4.69) is 0 Å². The van der Waals surface area contributed by atoms with Gasteiger partial charge in [0.05, 0.1) is 0 Å². The average molecular weight is 567 g/mol. The monoisotopic (exact) mass is 566 g/mol. The molecule has 2 aromatic heterocycles. The van der Waals surface area contributed by atoms with Crippen molar-refractivity contribution < 1.29 is 46.9 Å². The first kappa shape index (κ1) is 28.9. The second-order valence-electron chi connectivity index (χ2n) is 8.83. The largest absolute Gasteiger partial charge is 0.489 e. The van der Waals surface area contributed by atoms with Crippen molar-refractivity contribution in [3.05, 3.63) is 80.5 Å². The van der Waals surface area contributed by atoms with Gasteiger partial charge in [-0.3, -0.25) is 24.0 Å². The Kier molecular flexibility index (Phi) is 9.02. The zero-order valence-corrected chi connectivity index (χ0v) is 22.4. The molecule has 0 aliphatic heterocycles. The van der Waals surface area contributed by atoms with Crippen molar-refractivity contribution in [1.82, 2.24) is 0 Å². The van der Waals surface area contributed by atoms with Crippen LogP contribution in [0.4, 0.5) is 0 Å². The Morgan fingerprint density at radius 2 is 1.12 bits per heavy atom. The molecule has 12 nitrogen and oxygen atoms in total. The molecule has 12 heteroatoms. The lowest BCUT2D eigenvalue weighted by molar-refractivity contribution is -0.149. The third kappa shape index (κ3) is 7.50. The number of hydrogen-bond acceptors (Lipinski definition) is 12. The normalized spacial score (nSPS) is 10.9. The molecule has 4 rings (SSSR count). The van der Waals surface area contributed by atoms with E-state index in [-0.39, 0.29) is 71.4 Å². The van der Waals surface area contributed by atoms with Crippen molar-refractivity contribution in [3.63, 3.8) is 0 Å². The molecule has 0 N–H and O–H groups in total. The minimum Gasteiger partial charge on any atom is -0.489 e. The molecular formula is C29H26O12. The Morgan fingerprint density at radius 3 is 1.51 bits per heavy atom. The summed E-state index contributed by atoms with van der Waals surface area (Å²) in [6, 6.07) is 11.9. The van der Waals surface area contributed by atoms with Gasteiger partial charge in [0.25, 0.3) is 0 Å². The fraction of sp³-hybridized carbons (Fsp3) is 0.276. The maximum atomic E-state index is 12.8. The Labute approximate surface area is 232 Å². The molecule has 0 atom stereocenters. The van der Waals surface area contributed by atoms with Crippen LogP contribution in [0.25, 0.3) is 21.9 Å². The van der Waals surface area contributed by atoms with E-state index in [1.54, 1.807) is 36.4 Å². The van der Waals surface area contributed by atoms with Crippen molar-refractivity contribution >= 4 is 39.8 Å². The van der Waals surface area contributed by atoms with Crippen LogP contribution in [0.15, 0.2) is 67.0 Å². The molecule has 0 amide bonds. The van der Waals surface area contributed by atoms with E-state index in [0.717, 1.165) is 0 Å². The van der Waals surface area contributed by atoms with Gasteiger partial charge in [0.1, 0.15) is 71.4 Å². The fourth-order valence-electron chi connectivity index (χ4n) is 3.90. The molecule has 0 saturated heterocycles. The molecule has 0 aliphatic rings. The van der Waals surface area contributed by atoms with Gasteiger partial charge in [0.15, 0.2) is 17.0 Å². The SMILES string of the molecule is CC(=O)OCc1cc(=O)c2c(OCC(COc3cccc4oc(COC(C)=O)cc(=O)c34)OC(C)=O)cccc2o1. The van der Waals surface area contributed by atoms with Gasteiger partial charge in [-0.2, -0.15) is 0 Å². The van der Waals surface area contributed by atoms with E-state index in [1.165, 1.54) is 32.9 Å². The number of fused-ring (bicyclic) bond motifs is 2. The summed E-state index contributed by atoms with van der Waals surface area (Å²) in [6.07, 6.45) is -0.927. The lowest BCUT2D eigenvalue weighted by Crippen LogP contribution is -2.30. The van der Waals surface area contributed by atoms with E-state index >= 15 is 0 Å². The van der Waals surface area contributed by atoms with Crippen LogP contribution >= 0.6 is 0 Å². The standard InChI is InChI=1S/C29H26O12/c1-16(30)35-12-19-10-22(33)28-24(6-4-8-26(28)40-19)37-14-21(39-18(3)32)15-38-25-7-5-9-27-29(25)23(34)11-20(41-27)13-36-17(2)31/h4-11,21H,12-15H2,1-3H3. The highest BCUT2D eigenvalue weighted by Crippen LogP contribution is 2.26. The van der Waals surface area contributed by atoms with E-state index in [9.17, 15) is 24.0 Å². The molecule has 41 heavy (non-hydrogen) atoms. The second kappa shape index (κ2) is 12.8. The highest BCUT2D eigenvalue weighted by atomic mass is 16.6. The van der Waals surface area contributed by atoms with E-state index in [0.29, 0.717) is 0 Å². The number of carbonyl (C=O) groups is 3. The molecule has 0 saturated carbocycles. The minimum atomic E-state index is -0.927. The molecule has 2 heterocycles. The predicted molar refractivity (Wildman–Crippen MR) is 142 cm³/mol. The van der Waals surface area contributed by atoms with Crippen molar-refractivity contribution in [1.29, 1.82) is 0 Å². The van der Waals surface area contributed by atoms with Gasteiger partial charge in [-0.1, -0.05) is 12.1 Å². The maximum Gasteiger partial charge on any atom is 0.303 e. The van der Waals surface area contributed by atoms with Crippen LogP contribution in [-0.4, -0.2) is 37.2 Å². The zero-order valence-electron chi connectivity index (χ0n) is 22.4. The third-order valence-electron chi connectivity index (χ3n) is 5.55. The van der Waals surface area contributed by atoms with Crippen LogP contribution in [-0.2, 0) is 41.8 Å². The highest BCUT2D eigenvalue weighted by Gasteiger charge is 2.19. The quantitative estimate of drug-likeness (QED) is 0.193. The summed E-state index contributed by atoms with van der Waals surface area (Å²) in [7, 11) is 0. The smallest absolute Gasteiger partial charge is 0.303 e. The first-order chi connectivity index (χ1) is 19.6. The van der Waals surface area contributed by atoms with Gasteiger partial charge in [-0.05, 0) is 24.3 Å². The molecule has 2 aromatic carbocycles. The summed E-state index contributed by atoms with van der Waals surface area (Å²) in [5.74, 6) is -0.938. The van der Waals surface area contributed by atoms with Gasteiger partial charge in [0.2, 0.25) is 0 Å². The lowest BCUT2D eigenvalue weighted by Gasteiger charge is -2.19. The van der Waals surface area contributed by atoms with Gasteiger partial charge in [-0.25, -0.2) is 0 Å². The molecule has 0 unspecified atom stereocenters. The molecular weight excluding hydrogens is 540 g/mol. The van der Waals surface area contributed by atoms with Crippen molar-refractivity contribution in [2.75, 3.05) is 13.2 Å². The van der Waals surface area contributed by atoms with Crippen molar-refractivity contribution in [2.24, 2.45) is 0 Å². The Balaban J connectivity index is 1.51. The summed E-state index contributed by atoms with van der Waals surface area (Å²) < 4.78 is 38.1. The number of benzene rings is 2. The second-order valence-corrected chi connectivity index (χ2v) is 8.83. The molecule has 0 bridgehead atoms. The van der Waals surface area contributed by atoms with Crippen LogP contribution in [0.3, 0.4) is 0 Å². The third-order valence-corrected chi connectivity index (χ3v) is 5.55.